The zero-order valence-electron chi connectivity index (χ0n) is 18.1. The number of rotatable bonds is 9. The molecule has 164 valence electrons. The molecule has 0 unspecified atom stereocenters. The smallest absolute Gasteiger partial charge is 0.0314 e. The van der Waals surface area contributed by atoms with Gasteiger partial charge in [0.1, 0.15) is 0 Å². The fourth-order valence-electron chi connectivity index (χ4n) is 1.71. The first-order valence-corrected chi connectivity index (χ1v) is 10.5. The van der Waals surface area contributed by atoms with Crippen molar-refractivity contribution in [3.8, 4) is 0 Å². The van der Waals surface area contributed by atoms with Gasteiger partial charge in [0, 0.05) is 5.69 Å². The summed E-state index contributed by atoms with van der Waals surface area (Å²) in [5, 5.41) is 0. The van der Waals surface area contributed by atoms with Gasteiger partial charge in [-0.05, 0) is 58.0 Å². The minimum absolute atomic E-state index is 0. The number of benzene rings is 1. The number of nitrogen functional groups attached to an aromatic ring is 1. The lowest BCUT2D eigenvalue weighted by atomic mass is 10.2. The Labute approximate surface area is 171 Å². The third-order valence-electron chi connectivity index (χ3n) is 3.48. The molecule has 0 bridgehead atoms. The SMILES string of the molecule is C.CCCCCCCN.CCCCCN.CCCN.Cc1ccc(N)cc1. The molecule has 0 aliphatic carbocycles. The van der Waals surface area contributed by atoms with Crippen molar-refractivity contribution in [2.75, 3.05) is 25.4 Å². The second-order valence-corrected chi connectivity index (χ2v) is 6.40. The highest BCUT2D eigenvalue weighted by atomic mass is 14.5. The molecule has 0 heterocycles. The molecular formula is C23H52N4. The third kappa shape index (κ3) is 40.8. The van der Waals surface area contributed by atoms with Crippen LogP contribution in [0.4, 0.5) is 5.69 Å². The maximum absolute atomic E-state index is 5.43. The Morgan fingerprint density at radius 3 is 1.26 bits per heavy atom. The van der Waals surface area contributed by atoms with Crippen molar-refractivity contribution in [2.45, 2.75) is 92.9 Å². The zero-order chi connectivity index (χ0) is 20.5. The summed E-state index contributed by atoms with van der Waals surface area (Å²) in [7, 11) is 0. The predicted molar refractivity (Wildman–Crippen MR) is 128 cm³/mol. The number of anilines is 1. The van der Waals surface area contributed by atoms with Crippen molar-refractivity contribution in [3.05, 3.63) is 29.8 Å². The summed E-state index contributed by atoms with van der Waals surface area (Å²) in [5.41, 5.74) is 23.1. The zero-order valence-corrected chi connectivity index (χ0v) is 18.1. The standard InChI is InChI=1S/C7H9N.C7H17N.C5H13N.C3H9N.CH4/c1-6-2-4-7(8)5-3-6;1-2-3-4-5-6-7-8;1-2-3-4-5-6;1-2-3-4;/h2-5H,8H2,1H3;2-8H2,1H3;2-6H2,1H3;2-4H2,1H3;1H4. The van der Waals surface area contributed by atoms with E-state index in [1.54, 1.807) is 0 Å². The molecule has 27 heavy (non-hydrogen) atoms. The van der Waals surface area contributed by atoms with E-state index < -0.39 is 0 Å². The molecule has 0 amide bonds. The molecule has 0 saturated carbocycles. The van der Waals surface area contributed by atoms with Gasteiger partial charge >= 0.3 is 0 Å². The third-order valence-corrected chi connectivity index (χ3v) is 3.48. The Bertz CT molecular complexity index is 293. The van der Waals surface area contributed by atoms with Gasteiger partial charge in [-0.1, -0.05) is 84.4 Å². The first-order valence-electron chi connectivity index (χ1n) is 10.5. The van der Waals surface area contributed by atoms with E-state index >= 15 is 0 Å². The summed E-state index contributed by atoms with van der Waals surface area (Å²) in [5.74, 6) is 0. The molecule has 0 spiro atoms. The lowest BCUT2D eigenvalue weighted by molar-refractivity contribution is 0.638. The highest BCUT2D eigenvalue weighted by molar-refractivity contribution is 5.38. The molecule has 1 aromatic carbocycles. The van der Waals surface area contributed by atoms with E-state index in [2.05, 4.69) is 20.8 Å². The van der Waals surface area contributed by atoms with E-state index in [9.17, 15) is 0 Å². The number of nitrogens with two attached hydrogens (primary N) is 4. The number of unbranched alkanes of at least 4 members (excludes halogenated alkanes) is 6. The minimum atomic E-state index is 0. The Morgan fingerprint density at radius 1 is 0.593 bits per heavy atom. The molecule has 0 aliphatic heterocycles. The molecule has 0 saturated heterocycles. The maximum Gasteiger partial charge on any atom is 0.0314 e. The van der Waals surface area contributed by atoms with E-state index in [4.69, 9.17) is 22.9 Å². The molecule has 0 fully saturated rings. The highest BCUT2D eigenvalue weighted by Gasteiger charge is 1.83. The van der Waals surface area contributed by atoms with Gasteiger partial charge in [-0.25, -0.2) is 0 Å². The van der Waals surface area contributed by atoms with Crippen molar-refractivity contribution in [1.82, 2.24) is 0 Å². The Hall–Kier alpha value is -1.10. The van der Waals surface area contributed by atoms with Crippen molar-refractivity contribution in [3.63, 3.8) is 0 Å². The lowest BCUT2D eigenvalue weighted by Gasteiger charge is -1.93. The average molecular weight is 385 g/mol. The van der Waals surface area contributed by atoms with Crippen molar-refractivity contribution in [1.29, 1.82) is 0 Å². The van der Waals surface area contributed by atoms with Crippen LogP contribution in [0, 0.1) is 6.92 Å². The predicted octanol–water partition coefficient (Wildman–Crippen LogP) is 5.62. The molecule has 1 rings (SSSR count). The maximum atomic E-state index is 5.43. The van der Waals surface area contributed by atoms with E-state index in [0.29, 0.717) is 0 Å². The van der Waals surface area contributed by atoms with Crippen LogP contribution in [0.3, 0.4) is 0 Å². The van der Waals surface area contributed by atoms with Gasteiger partial charge in [0.15, 0.2) is 0 Å². The summed E-state index contributed by atoms with van der Waals surface area (Å²) in [6.07, 6.45) is 11.5. The van der Waals surface area contributed by atoms with Gasteiger partial charge in [0.05, 0.1) is 0 Å². The van der Waals surface area contributed by atoms with Gasteiger partial charge < -0.3 is 22.9 Å². The van der Waals surface area contributed by atoms with Gasteiger partial charge in [-0.15, -0.1) is 0 Å². The van der Waals surface area contributed by atoms with E-state index in [-0.39, 0.29) is 7.43 Å². The molecule has 0 aromatic heterocycles. The first-order chi connectivity index (χ1) is 12.5. The average Bonchev–Trinajstić information content (AvgIpc) is 2.67. The normalized spacial score (nSPS) is 8.70. The summed E-state index contributed by atoms with van der Waals surface area (Å²) in [6.45, 7) is 11.0. The van der Waals surface area contributed by atoms with E-state index in [1.807, 2.05) is 31.2 Å². The quantitative estimate of drug-likeness (QED) is 0.327. The lowest BCUT2D eigenvalue weighted by Crippen LogP contribution is -1.97. The van der Waals surface area contributed by atoms with Crippen LogP contribution in [-0.2, 0) is 0 Å². The molecule has 4 heteroatoms. The van der Waals surface area contributed by atoms with Crippen LogP contribution in [0.2, 0.25) is 0 Å². The summed E-state index contributed by atoms with van der Waals surface area (Å²) in [4.78, 5) is 0. The summed E-state index contributed by atoms with van der Waals surface area (Å²) < 4.78 is 0. The van der Waals surface area contributed by atoms with Crippen molar-refractivity contribution < 1.29 is 0 Å². The molecule has 8 N–H and O–H groups in total. The van der Waals surface area contributed by atoms with Crippen LogP contribution in [0.5, 0.6) is 0 Å². The van der Waals surface area contributed by atoms with E-state index in [0.717, 1.165) is 31.7 Å². The minimum Gasteiger partial charge on any atom is -0.399 e. The fraction of sp³-hybridized carbons (Fsp3) is 0.739. The number of hydrogen-bond acceptors (Lipinski definition) is 4. The Kier molecular flexibility index (Phi) is 40.4. The van der Waals surface area contributed by atoms with Gasteiger partial charge in [-0.2, -0.15) is 0 Å². The first kappa shape index (κ1) is 33.5. The van der Waals surface area contributed by atoms with Crippen molar-refractivity contribution >= 4 is 5.69 Å². The van der Waals surface area contributed by atoms with Crippen LogP contribution in [0.1, 0.15) is 91.5 Å². The number of hydrogen-bond donors (Lipinski definition) is 4. The Balaban J connectivity index is -0.000000133. The van der Waals surface area contributed by atoms with Gasteiger partial charge in [-0.3, -0.25) is 0 Å². The highest BCUT2D eigenvalue weighted by Crippen LogP contribution is 2.02. The molecule has 0 atom stereocenters. The summed E-state index contributed by atoms with van der Waals surface area (Å²) >= 11 is 0. The van der Waals surface area contributed by atoms with Crippen molar-refractivity contribution in [2.24, 2.45) is 17.2 Å². The molecule has 0 aliphatic rings. The van der Waals surface area contributed by atoms with Crippen LogP contribution >= 0.6 is 0 Å². The molecule has 1 aromatic rings. The summed E-state index contributed by atoms with van der Waals surface area (Å²) in [6, 6.07) is 7.79. The van der Waals surface area contributed by atoms with Crippen LogP contribution in [0.15, 0.2) is 24.3 Å². The van der Waals surface area contributed by atoms with Gasteiger partial charge in [0.2, 0.25) is 0 Å². The second-order valence-electron chi connectivity index (χ2n) is 6.40. The van der Waals surface area contributed by atoms with Crippen LogP contribution in [-0.4, -0.2) is 19.6 Å². The molecular weight excluding hydrogens is 332 g/mol. The molecule has 4 nitrogen and oxygen atoms in total. The van der Waals surface area contributed by atoms with Crippen LogP contribution in [0.25, 0.3) is 0 Å². The monoisotopic (exact) mass is 384 g/mol. The Morgan fingerprint density at radius 2 is 0.963 bits per heavy atom. The second kappa shape index (κ2) is 32.6. The topological polar surface area (TPSA) is 104 Å². The number of aryl methyl sites for hydroxylation is 1. The van der Waals surface area contributed by atoms with E-state index in [1.165, 1.54) is 56.9 Å². The largest absolute Gasteiger partial charge is 0.399 e. The van der Waals surface area contributed by atoms with Crippen LogP contribution < -0.4 is 22.9 Å². The van der Waals surface area contributed by atoms with Gasteiger partial charge in [0.25, 0.3) is 0 Å². The fourth-order valence-corrected chi connectivity index (χ4v) is 1.71. The molecule has 0 radical (unpaired) electrons.